The first-order valence-corrected chi connectivity index (χ1v) is 6.11. The number of nitro benzene ring substituents is 1. The van der Waals surface area contributed by atoms with Crippen molar-refractivity contribution in [3.63, 3.8) is 0 Å². The summed E-state index contributed by atoms with van der Waals surface area (Å²) in [5.74, 6) is 0.441. The Balaban J connectivity index is 2.33. The van der Waals surface area contributed by atoms with Crippen LogP contribution in [0.25, 0.3) is 0 Å². The van der Waals surface area contributed by atoms with Crippen LogP contribution in [0, 0.1) is 10.1 Å². The second kappa shape index (κ2) is 5.85. The molecule has 20 heavy (non-hydrogen) atoms. The van der Waals surface area contributed by atoms with Gasteiger partial charge in [0.15, 0.2) is 0 Å². The third-order valence-corrected chi connectivity index (χ3v) is 2.88. The van der Waals surface area contributed by atoms with E-state index in [1.807, 2.05) is 0 Å². The fourth-order valence-electron chi connectivity index (χ4n) is 1.60. The minimum absolute atomic E-state index is 0.0985. The van der Waals surface area contributed by atoms with Gasteiger partial charge in [0, 0.05) is 23.9 Å². The highest BCUT2D eigenvalue weighted by Crippen LogP contribution is 2.34. The van der Waals surface area contributed by atoms with Crippen molar-refractivity contribution in [3.8, 4) is 11.6 Å². The van der Waals surface area contributed by atoms with E-state index < -0.39 is 11.0 Å². The van der Waals surface area contributed by atoms with Crippen LogP contribution in [0.4, 0.5) is 5.69 Å². The monoisotopic (exact) mass is 294 g/mol. The molecule has 6 nitrogen and oxygen atoms in total. The molecule has 2 rings (SSSR count). The summed E-state index contributed by atoms with van der Waals surface area (Å²) in [7, 11) is 0. The van der Waals surface area contributed by atoms with Crippen molar-refractivity contribution in [1.29, 1.82) is 0 Å². The Kier molecular flexibility index (Phi) is 4.16. The fourth-order valence-corrected chi connectivity index (χ4v) is 1.81. The Morgan fingerprint density at radius 2 is 2.20 bits per heavy atom. The average Bonchev–Trinajstić information content (AvgIpc) is 2.41. The van der Waals surface area contributed by atoms with Crippen LogP contribution in [0.3, 0.4) is 0 Å². The molecule has 0 aliphatic carbocycles. The normalized spacial score (nSPS) is 11.9. The summed E-state index contributed by atoms with van der Waals surface area (Å²) in [5.41, 5.74) is 0.376. The Labute approximate surface area is 119 Å². The highest BCUT2D eigenvalue weighted by Gasteiger charge is 2.14. The molecule has 0 saturated heterocycles. The van der Waals surface area contributed by atoms with Crippen molar-refractivity contribution >= 4 is 17.3 Å². The molecule has 1 heterocycles. The molecule has 0 fully saturated rings. The van der Waals surface area contributed by atoms with Gasteiger partial charge in [0.1, 0.15) is 5.75 Å². The van der Waals surface area contributed by atoms with E-state index in [1.165, 1.54) is 24.4 Å². The van der Waals surface area contributed by atoms with E-state index in [4.69, 9.17) is 16.3 Å². The van der Waals surface area contributed by atoms with Crippen molar-refractivity contribution in [3.05, 3.63) is 57.2 Å². The summed E-state index contributed by atoms with van der Waals surface area (Å²) < 4.78 is 5.51. The molecular formula is C13H11ClN2O4. The Hall–Kier alpha value is -2.18. The molecule has 2 aromatic rings. The number of pyridine rings is 1. The van der Waals surface area contributed by atoms with Gasteiger partial charge in [-0.15, -0.1) is 0 Å². The van der Waals surface area contributed by atoms with E-state index in [0.29, 0.717) is 5.56 Å². The van der Waals surface area contributed by atoms with E-state index in [-0.39, 0.29) is 22.3 Å². The highest BCUT2D eigenvalue weighted by atomic mass is 35.5. The van der Waals surface area contributed by atoms with Crippen molar-refractivity contribution in [1.82, 2.24) is 4.98 Å². The molecule has 0 unspecified atom stereocenters. The summed E-state index contributed by atoms with van der Waals surface area (Å²) >= 11 is 5.94. The maximum Gasteiger partial charge on any atom is 0.271 e. The number of aliphatic hydroxyl groups excluding tert-OH is 1. The second-order valence-corrected chi connectivity index (χ2v) is 4.45. The Morgan fingerprint density at radius 1 is 1.45 bits per heavy atom. The molecule has 104 valence electrons. The molecule has 7 heteroatoms. The lowest BCUT2D eigenvalue weighted by atomic mass is 10.2. The summed E-state index contributed by atoms with van der Waals surface area (Å²) in [6.07, 6.45) is 0.760. The number of non-ortho nitro benzene ring substituents is 1. The van der Waals surface area contributed by atoms with E-state index in [1.54, 1.807) is 19.1 Å². The first kappa shape index (κ1) is 14.2. The molecule has 1 N–H and O–H groups in total. The van der Waals surface area contributed by atoms with Crippen LogP contribution in [0.5, 0.6) is 11.6 Å². The van der Waals surface area contributed by atoms with Gasteiger partial charge in [-0.3, -0.25) is 10.1 Å². The van der Waals surface area contributed by atoms with Gasteiger partial charge in [-0.25, -0.2) is 4.98 Å². The molecule has 1 aromatic heterocycles. The largest absolute Gasteiger partial charge is 0.437 e. The van der Waals surface area contributed by atoms with Gasteiger partial charge in [-0.2, -0.15) is 0 Å². The number of hydrogen-bond donors (Lipinski definition) is 1. The van der Waals surface area contributed by atoms with Crippen LogP contribution < -0.4 is 4.74 Å². The molecule has 1 atom stereocenters. The number of rotatable bonds is 4. The number of benzene rings is 1. The summed E-state index contributed by atoms with van der Waals surface area (Å²) in [5, 5.41) is 20.4. The summed E-state index contributed by atoms with van der Waals surface area (Å²) in [4.78, 5) is 14.1. The molecule has 0 spiro atoms. The van der Waals surface area contributed by atoms with Crippen LogP contribution in [0.1, 0.15) is 18.6 Å². The highest BCUT2D eigenvalue weighted by molar-refractivity contribution is 6.32. The number of nitrogens with zero attached hydrogens (tertiary/aromatic N) is 2. The number of aliphatic hydroxyl groups is 1. The molecule has 0 saturated carbocycles. The van der Waals surface area contributed by atoms with E-state index in [9.17, 15) is 15.2 Å². The maximum absolute atomic E-state index is 10.6. The zero-order valence-corrected chi connectivity index (χ0v) is 11.2. The SMILES string of the molecule is C[C@@H](O)c1cccnc1Oc1ccc([N+](=O)[O-])cc1Cl. The van der Waals surface area contributed by atoms with Gasteiger partial charge in [0.2, 0.25) is 5.88 Å². The Morgan fingerprint density at radius 3 is 2.80 bits per heavy atom. The lowest BCUT2D eigenvalue weighted by Gasteiger charge is -2.12. The van der Waals surface area contributed by atoms with Gasteiger partial charge < -0.3 is 9.84 Å². The zero-order valence-electron chi connectivity index (χ0n) is 10.5. The van der Waals surface area contributed by atoms with Crippen LogP contribution in [0.15, 0.2) is 36.5 Å². The number of aromatic nitrogens is 1. The van der Waals surface area contributed by atoms with Gasteiger partial charge in [-0.1, -0.05) is 11.6 Å². The fraction of sp³-hybridized carbons (Fsp3) is 0.154. The topological polar surface area (TPSA) is 85.5 Å². The molecule has 1 aromatic carbocycles. The maximum atomic E-state index is 10.6. The van der Waals surface area contributed by atoms with Crippen LogP contribution in [-0.4, -0.2) is 15.0 Å². The lowest BCUT2D eigenvalue weighted by molar-refractivity contribution is -0.384. The molecule has 0 aliphatic heterocycles. The third-order valence-electron chi connectivity index (χ3n) is 2.58. The summed E-state index contributed by atoms with van der Waals surface area (Å²) in [6, 6.07) is 7.22. The standard InChI is InChI=1S/C13H11ClN2O4/c1-8(17)10-3-2-6-15-13(10)20-12-5-4-9(16(18)19)7-11(12)14/h2-8,17H,1H3/t8-/m1/s1. The van der Waals surface area contributed by atoms with Gasteiger partial charge in [-0.05, 0) is 25.1 Å². The lowest BCUT2D eigenvalue weighted by Crippen LogP contribution is -1.98. The van der Waals surface area contributed by atoms with Gasteiger partial charge in [0.05, 0.1) is 16.0 Å². The molecule has 0 aliphatic rings. The molecule has 0 bridgehead atoms. The third kappa shape index (κ3) is 3.04. The average molecular weight is 295 g/mol. The first-order chi connectivity index (χ1) is 9.49. The first-order valence-electron chi connectivity index (χ1n) is 5.74. The minimum Gasteiger partial charge on any atom is -0.437 e. The quantitative estimate of drug-likeness (QED) is 0.689. The van der Waals surface area contributed by atoms with E-state index >= 15 is 0 Å². The summed E-state index contributed by atoms with van der Waals surface area (Å²) in [6.45, 7) is 1.58. The van der Waals surface area contributed by atoms with E-state index in [0.717, 1.165) is 0 Å². The number of ether oxygens (including phenoxy) is 1. The van der Waals surface area contributed by atoms with Crippen molar-refractivity contribution < 1.29 is 14.8 Å². The smallest absolute Gasteiger partial charge is 0.271 e. The molecule has 0 radical (unpaired) electrons. The molecular weight excluding hydrogens is 284 g/mol. The van der Waals surface area contributed by atoms with Crippen LogP contribution in [0.2, 0.25) is 5.02 Å². The van der Waals surface area contributed by atoms with Crippen LogP contribution >= 0.6 is 11.6 Å². The minimum atomic E-state index is -0.754. The van der Waals surface area contributed by atoms with Crippen molar-refractivity contribution in [2.24, 2.45) is 0 Å². The van der Waals surface area contributed by atoms with Crippen LogP contribution in [-0.2, 0) is 0 Å². The van der Waals surface area contributed by atoms with Crippen molar-refractivity contribution in [2.75, 3.05) is 0 Å². The zero-order chi connectivity index (χ0) is 14.7. The number of halogens is 1. The Bertz CT molecular complexity index is 646. The second-order valence-electron chi connectivity index (χ2n) is 4.05. The van der Waals surface area contributed by atoms with Crippen molar-refractivity contribution in [2.45, 2.75) is 13.0 Å². The van der Waals surface area contributed by atoms with Gasteiger partial charge in [0.25, 0.3) is 5.69 Å². The predicted molar refractivity (Wildman–Crippen MR) is 73.1 cm³/mol. The molecule has 0 amide bonds. The number of hydrogen-bond acceptors (Lipinski definition) is 5. The predicted octanol–water partition coefficient (Wildman–Crippen LogP) is 3.49. The number of nitro groups is 1. The van der Waals surface area contributed by atoms with Gasteiger partial charge >= 0.3 is 0 Å². The van der Waals surface area contributed by atoms with E-state index in [2.05, 4.69) is 4.98 Å².